The van der Waals surface area contributed by atoms with Crippen molar-refractivity contribution in [3.8, 4) is 0 Å². The zero-order valence-electron chi connectivity index (χ0n) is 13.9. The van der Waals surface area contributed by atoms with Crippen molar-refractivity contribution in [2.45, 2.75) is 38.8 Å². The average Bonchev–Trinajstić information content (AvgIpc) is 2.72. The van der Waals surface area contributed by atoms with E-state index in [9.17, 15) is 9.59 Å². The SMILES string of the molecule is CC[C@@H]1CN(C)c2ccccc2CN1C(=O)[C@H]1CCC(=O)NC1. The van der Waals surface area contributed by atoms with Gasteiger partial charge in [0.1, 0.15) is 0 Å². The molecular weight excluding hydrogens is 290 g/mol. The molecule has 0 bridgehead atoms. The molecule has 23 heavy (non-hydrogen) atoms. The smallest absolute Gasteiger partial charge is 0.228 e. The van der Waals surface area contributed by atoms with Crippen molar-refractivity contribution in [1.29, 1.82) is 0 Å². The van der Waals surface area contributed by atoms with Gasteiger partial charge in [0.25, 0.3) is 0 Å². The molecule has 2 aliphatic rings. The Bertz CT molecular complexity index is 592. The van der Waals surface area contributed by atoms with Crippen molar-refractivity contribution in [2.24, 2.45) is 5.92 Å². The number of fused-ring (bicyclic) bond motifs is 1. The number of hydrogen-bond acceptors (Lipinski definition) is 3. The Hall–Kier alpha value is -2.04. The number of anilines is 1. The second kappa shape index (κ2) is 6.60. The van der Waals surface area contributed by atoms with E-state index in [0.717, 1.165) is 13.0 Å². The fourth-order valence-corrected chi connectivity index (χ4v) is 3.63. The Morgan fingerprint density at radius 1 is 1.35 bits per heavy atom. The number of para-hydroxylation sites is 1. The summed E-state index contributed by atoms with van der Waals surface area (Å²) in [7, 11) is 2.09. The Kier molecular flexibility index (Phi) is 4.55. The molecule has 2 heterocycles. The van der Waals surface area contributed by atoms with Crippen LogP contribution in [0.1, 0.15) is 31.7 Å². The van der Waals surface area contributed by atoms with Gasteiger partial charge in [-0.3, -0.25) is 9.59 Å². The molecule has 0 unspecified atom stereocenters. The Labute approximate surface area is 137 Å². The van der Waals surface area contributed by atoms with Gasteiger partial charge in [-0.25, -0.2) is 0 Å². The van der Waals surface area contributed by atoms with Crippen LogP contribution in [0.25, 0.3) is 0 Å². The third-order valence-corrected chi connectivity index (χ3v) is 5.04. The summed E-state index contributed by atoms with van der Waals surface area (Å²) in [4.78, 5) is 28.7. The number of benzene rings is 1. The fraction of sp³-hybridized carbons (Fsp3) is 0.556. The molecule has 0 saturated carbocycles. The van der Waals surface area contributed by atoms with E-state index in [1.165, 1.54) is 11.3 Å². The molecule has 1 aromatic rings. The van der Waals surface area contributed by atoms with Crippen LogP contribution in [0.2, 0.25) is 0 Å². The van der Waals surface area contributed by atoms with Gasteiger partial charge in [-0.2, -0.15) is 0 Å². The lowest BCUT2D eigenvalue weighted by Crippen LogP contribution is -2.49. The standard InChI is InChI=1S/C18H25N3O2/c1-3-15-12-20(2)16-7-5-4-6-14(16)11-21(15)18(23)13-8-9-17(22)19-10-13/h4-7,13,15H,3,8-12H2,1-2H3,(H,19,22)/t13-,15+/m0/s1. The Balaban J connectivity index is 1.84. The van der Waals surface area contributed by atoms with Crippen molar-refractivity contribution in [2.75, 3.05) is 25.0 Å². The first-order valence-corrected chi connectivity index (χ1v) is 8.46. The summed E-state index contributed by atoms with van der Waals surface area (Å²) in [5, 5.41) is 2.83. The van der Waals surface area contributed by atoms with Crippen LogP contribution in [0.5, 0.6) is 0 Å². The minimum absolute atomic E-state index is 0.0574. The molecular formula is C18H25N3O2. The molecule has 5 heteroatoms. The number of amides is 2. The quantitative estimate of drug-likeness (QED) is 0.905. The number of rotatable bonds is 2. The molecule has 0 spiro atoms. The van der Waals surface area contributed by atoms with Gasteiger partial charge in [-0.1, -0.05) is 25.1 Å². The highest BCUT2D eigenvalue weighted by molar-refractivity contribution is 5.84. The number of carbonyl (C=O) groups excluding carboxylic acids is 2. The van der Waals surface area contributed by atoms with Gasteiger partial charge in [0.15, 0.2) is 0 Å². The molecule has 5 nitrogen and oxygen atoms in total. The molecule has 0 aromatic heterocycles. The summed E-state index contributed by atoms with van der Waals surface area (Å²) in [6.45, 7) is 4.11. The van der Waals surface area contributed by atoms with Crippen LogP contribution in [0, 0.1) is 5.92 Å². The summed E-state index contributed by atoms with van der Waals surface area (Å²) in [6, 6.07) is 8.51. The third-order valence-electron chi connectivity index (χ3n) is 5.04. The average molecular weight is 315 g/mol. The molecule has 1 fully saturated rings. The number of nitrogens with one attached hydrogen (secondary N) is 1. The topological polar surface area (TPSA) is 52.7 Å². The van der Waals surface area contributed by atoms with Crippen LogP contribution < -0.4 is 10.2 Å². The van der Waals surface area contributed by atoms with E-state index in [1.807, 2.05) is 17.0 Å². The van der Waals surface area contributed by atoms with Crippen LogP contribution >= 0.6 is 0 Å². The maximum absolute atomic E-state index is 13.1. The molecule has 124 valence electrons. The lowest BCUT2D eigenvalue weighted by atomic mass is 9.96. The fourth-order valence-electron chi connectivity index (χ4n) is 3.63. The Morgan fingerprint density at radius 2 is 2.13 bits per heavy atom. The normalized spacial score (nSPS) is 24.7. The number of likely N-dealkylation sites (N-methyl/N-ethyl adjacent to an activating group) is 1. The molecule has 2 amide bonds. The van der Waals surface area contributed by atoms with Crippen LogP contribution in [0.15, 0.2) is 24.3 Å². The van der Waals surface area contributed by atoms with E-state index in [4.69, 9.17) is 0 Å². The van der Waals surface area contributed by atoms with Crippen molar-refractivity contribution in [3.05, 3.63) is 29.8 Å². The summed E-state index contributed by atoms with van der Waals surface area (Å²) in [5.74, 6) is 0.154. The van der Waals surface area contributed by atoms with Crippen LogP contribution in [-0.4, -0.2) is 42.9 Å². The Morgan fingerprint density at radius 3 is 2.83 bits per heavy atom. The zero-order chi connectivity index (χ0) is 16.4. The van der Waals surface area contributed by atoms with E-state index < -0.39 is 0 Å². The largest absolute Gasteiger partial charge is 0.372 e. The van der Waals surface area contributed by atoms with Gasteiger partial charge in [0.2, 0.25) is 11.8 Å². The van der Waals surface area contributed by atoms with Crippen LogP contribution in [0.3, 0.4) is 0 Å². The lowest BCUT2D eigenvalue weighted by Gasteiger charge is -2.34. The molecule has 3 rings (SSSR count). The maximum atomic E-state index is 13.1. The second-order valence-corrected chi connectivity index (χ2v) is 6.58. The summed E-state index contributed by atoms with van der Waals surface area (Å²) < 4.78 is 0. The molecule has 1 N–H and O–H groups in total. The number of nitrogens with zero attached hydrogens (tertiary/aromatic N) is 2. The van der Waals surface area contributed by atoms with E-state index >= 15 is 0 Å². The molecule has 0 aliphatic carbocycles. The molecule has 2 atom stereocenters. The van der Waals surface area contributed by atoms with Gasteiger partial charge in [-0.05, 0) is 24.5 Å². The molecule has 1 saturated heterocycles. The molecule has 1 aromatic carbocycles. The predicted molar refractivity (Wildman–Crippen MR) is 90.1 cm³/mol. The van der Waals surface area contributed by atoms with Crippen molar-refractivity contribution < 1.29 is 9.59 Å². The van der Waals surface area contributed by atoms with Gasteiger partial charge in [0.05, 0.1) is 5.92 Å². The maximum Gasteiger partial charge on any atom is 0.228 e. The van der Waals surface area contributed by atoms with Crippen molar-refractivity contribution in [3.63, 3.8) is 0 Å². The van der Waals surface area contributed by atoms with Gasteiger partial charge in [0, 0.05) is 44.8 Å². The van der Waals surface area contributed by atoms with E-state index in [0.29, 0.717) is 25.9 Å². The number of piperidine rings is 1. The number of carbonyl (C=O) groups is 2. The van der Waals surface area contributed by atoms with Crippen LogP contribution in [0.4, 0.5) is 5.69 Å². The summed E-state index contributed by atoms with van der Waals surface area (Å²) in [5.41, 5.74) is 2.40. The van der Waals surface area contributed by atoms with Crippen LogP contribution in [-0.2, 0) is 16.1 Å². The summed E-state index contributed by atoms with van der Waals surface area (Å²) >= 11 is 0. The van der Waals surface area contributed by atoms with E-state index in [-0.39, 0.29) is 23.8 Å². The first-order valence-electron chi connectivity index (χ1n) is 8.46. The zero-order valence-corrected chi connectivity index (χ0v) is 13.9. The lowest BCUT2D eigenvalue weighted by molar-refractivity contribution is -0.140. The van der Waals surface area contributed by atoms with E-state index in [1.54, 1.807) is 0 Å². The first kappa shape index (κ1) is 15.8. The third kappa shape index (κ3) is 3.19. The van der Waals surface area contributed by atoms with Gasteiger partial charge < -0.3 is 15.1 Å². The van der Waals surface area contributed by atoms with Crippen molar-refractivity contribution in [1.82, 2.24) is 10.2 Å². The first-order chi connectivity index (χ1) is 11.1. The highest BCUT2D eigenvalue weighted by Gasteiger charge is 2.34. The van der Waals surface area contributed by atoms with E-state index in [2.05, 4.69) is 36.3 Å². The molecule has 2 aliphatic heterocycles. The summed E-state index contributed by atoms with van der Waals surface area (Å²) in [6.07, 6.45) is 2.05. The minimum atomic E-state index is -0.0858. The highest BCUT2D eigenvalue weighted by Crippen LogP contribution is 2.28. The van der Waals surface area contributed by atoms with Crippen molar-refractivity contribution >= 4 is 17.5 Å². The molecule has 0 radical (unpaired) electrons. The van der Waals surface area contributed by atoms with Gasteiger partial charge >= 0.3 is 0 Å². The second-order valence-electron chi connectivity index (χ2n) is 6.58. The van der Waals surface area contributed by atoms with Gasteiger partial charge in [-0.15, -0.1) is 0 Å². The monoisotopic (exact) mass is 315 g/mol. The minimum Gasteiger partial charge on any atom is -0.372 e. The highest BCUT2D eigenvalue weighted by atomic mass is 16.2. The predicted octanol–water partition coefficient (Wildman–Crippen LogP) is 1.77. The number of hydrogen-bond donors (Lipinski definition) is 1.